The predicted octanol–water partition coefficient (Wildman–Crippen LogP) is 1.13. The number of aromatic nitrogens is 3. The van der Waals surface area contributed by atoms with Crippen molar-refractivity contribution in [3.8, 4) is 0 Å². The van der Waals surface area contributed by atoms with Gasteiger partial charge in [-0.3, -0.25) is 14.3 Å². The Morgan fingerprint density at radius 2 is 2.05 bits per heavy atom. The van der Waals surface area contributed by atoms with Crippen molar-refractivity contribution in [3.63, 3.8) is 0 Å². The van der Waals surface area contributed by atoms with Gasteiger partial charge in [0.1, 0.15) is 0 Å². The molecule has 0 bridgehead atoms. The van der Waals surface area contributed by atoms with Gasteiger partial charge in [0.2, 0.25) is 0 Å². The summed E-state index contributed by atoms with van der Waals surface area (Å²) in [4.78, 5) is 30.0. The minimum atomic E-state index is -0.404. The van der Waals surface area contributed by atoms with Crippen molar-refractivity contribution in [1.29, 1.82) is 0 Å². The second kappa shape index (κ2) is 4.53. The van der Waals surface area contributed by atoms with Gasteiger partial charge in [-0.05, 0) is 23.8 Å². The summed E-state index contributed by atoms with van der Waals surface area (Å²) in [6, 6.07) is 10.8. The summed E-state index contributed by atoms with van der Waals surface area (Å²) in [5.74, 6) is 0. The van der Waals surface area contributed by atoms with Gasteiger partial charge in [0.05, 0.1) is 12.1 Å². The monoisotopic (exact) mass is 253 g/mol. The SMILES string of the molecule is O=c1cc[nH]c(=O)n1Cc1ccc2ncccc2c1. The lowest BCUT2D eigenvalue weighted by atomic mass is 10.1. The molecule has 0 fully saturated rings. The Morgan fingerprint density at radius 3 is 2.89 bits per heavy atom. The second-order valence-electron chi connectivity index (χ2n) is 4.24. The standard InChI is InChI=1S/C14H11N3O2/c18-13-5-7-16-14(19)17(13)9-10-3-4-12-11(8-10)2-1-6-15-12/h1-8H,9H2,(H,16,19). The molecule has 94 valence electrons. The van der Waals surface area contributed by atoms with Crippen LogP contribution in [0.15, 0.2) is 58.4 Å². The number of H-pyrrole nitrogens is 1. The predicted molar refractivity (Wildman–Crippen MR) is 72.2 cm³/mol. The van der Waals surface area contributed by atoms with E-state index in [0.29, 0.717) is 0 Å². The first-order valence-electron chi connectivity index (χ1n) is 5.86. The van der Waals surface area contributed by atoms with Crippen LogP contribution in [0.2, 0.25) is 0 Å². The fourth-order valence-electron chi connectivity index (χ4n) is 2.01. The number of nitrogens with one attached hydrogen (secondary N) is 1. The normalized spacial score (nSPS) is 10.7. The third-order valence-electron chi connectivity index (χ3n) is 2.95. The minimum absolute atomic E-state index is 0.250. The van der Waals surface area contributed by atoms with Crippen molar-refractivity contribution in [3.05, 3.63) is 75.2 Å². The van der Waals surface area contributed by atoms with E-state index in [-0.39, 0.29) is 12.1 Å². The van der Waals surface area contributed by atoms with Gasteiger partial charge in [-0.25, -0.2) is 4.79 Å². The Labute approximate surface area is 108 Å². The molecule has 0 saturated heterocycles. The van der Waals surface area contributed by atoms with Crippen LogP contribution in [0.5, 0.6) is 0 Å². The average Bonchev–Trinajstić information content (AvgIpc) is 2.43. The van der Waals surface area contributed by atoms with Crippen LogP contribution in [0.4, 0.5) is 0 Å². The van der Waals surface area contributed by atoms with Gasteiger partial charge >= 0.3 is 5.69 Å². The van der Waals surface area contributed by atoms with Gasteiger partial charge < -0.3 is 4.98 Å². The molecule has 0 aliphatic carbocycles. The second-order valence-corrected chi connectivity index (χ2v) is 4.24. The van der Waals surface area contributed by atoms with Gasteiger partial charge in [-0.2, -0.15) is 0 Å². The highest BCUT2D eigenvalue weighted by Gasteiger charge is 2.03. The maximum absolute atomic E-state index is 11.6. The molecule has 2 heterocycles. The fraction of sp³-hybridized carbons (Fsp3) is 0.0714. The molecule has 3 rings (SSSR count). The molecule has 1 aromatic carbocycles. The van der Waals surface area contributed by atoms with Crippen LogP contribution in [-0.4, -0.2) is 14.5 Å². The van der Waals surface area contributed by atoms with Crippen LogP contribution in [0.3, 0.4) is 0 Å². The third kappa shape index (κ3) is 2.18. The first kappa shape index (κ1) is 11.4. The van der Waals surface area contributed by atoms with Crippen LogP contribution < -0.4 is 11.2 Å². The van der Waals surface area contributed by atoms with Gasteiger partial charge in [0, 0.05) is 23.8 Å². The van der Waals surface area contributed by atoms with E-state index < -0.39 is 5.69 Å². The minimum Gasteiger partial charge on any atom is -0.314 e. The van der Waals surface area contributed by atoms with Crippen molar-refractivity contribution >= 4 is 10.9 Å². The molecule has 0 amide bonds. The molecule has 19 heavy (non-hydrogen) atoms. The number of hydrogen-bond donors (Lipinski definition) is 1. The zero-order valence-corrected chi connectivity index (χ0v) is 10.0. The van der Waals surface area contributed by atoms with E-state index >= 15 is 0 Å². The molecule has 0 radical (unpaired) electrons. The maximum Gasteiger partial charge on any atom is 0.328 e. The summed E-state index contributed by atoms with van der Waals surface area (Å²) in [5, 5.41) is 0.986. The molecule has 3 aromatic rings. The molecule has 0 unspecified atom stereocenters. The van der Waals surface area contributed by atoms with Gasteiger partial charge in [-0.1, -0.05) is 12.1 Å². The van der Waals surface area contributed by atoms with Gasteiger partial charge in [0.15, 0.2) is 0 Å². The number of hydrogen-bond acceptors (Lipinski definition) is 3. The van der Waals surface area contributed by atoms with Gasteiger partial charge in [0.25, 0.3) is 5.56 Å². The largest absolute Gasteiger partial charge is 0.328 e. The van der Waals surface area contributed by atoms with E-state index in [1.54, 1.807) is 6.20 Å². The lowest BCUT2D eigenvalue weighted by molar-refractivity contribution is 0.699. The average molecular weight is 253 g/mol. The van der Waals surface area contributed by atoms with E-state index in [2.05, 4.69) is 9.97 Å². The highest BCUT2D eigenvalue weighted by Crippen LogP contribution is 2.13. The Balaban J connectivity index is 2.06. The van der Waals surface area contributed by atoms with Crippen LogP contribution in [0.1, 0.15) is 5.56 Å². The summed E-state index contributed by atoms with van der Waals surface area (Å²) in [7, 11) is 0. The Morgan fingerprint density at radius 1 is 1.16 bits per heavy atom. The van der Waals surface area contributed by atoms with Gasteiger partial charge in [-0.15, -0.1) is 0 Å². The molecular formula is C14H11N3O2. The molecule has 5 nitrogen and oxygen atoms in total. The Hall–Kier alpha value is -2.69. The molecule has 5 heteroatoms. The van der Waals surface area contributed by atoms with Crippen LogP contribution in [0.25, 0.3) is 10.9 Å². The zero-order chi connectivity index (χ0) is 13.2. The summed E-state index contributed by atoms with van der Waals surface area (Å²) in [6.07, 6.45) is 3.08. The lowest BCUT2D eigenvalue weighted by Gasteiger charge is -2.05. The summed E-state index contributed by atoms with van der Waals surface area (Å²) in [5.41, 5.74) is 1.06. The molecular weight excluding hydrogens is 242 g/mol. The number of fused-ring (bicyclic) bond motifs is 1. The topological polar surface area (TPSA) is 67.8 Å². The third-order valence-corrected chi connectivity index (χ3v) is 2.95. The molecule has 0 saturated carbocycles. The van der Waals surface area contributed by atoms with E-state index in [0.717, 1.165) is 21.0 Å². The van der Waals surface area contributed by atoms with E-state index in [4.69, 9.17) is 0 Å². The fourth-order valence-corrected chi connectivity index (χ4v) is 2.01. The molecule has 0 aliphatic heterocycles. The highest BCUT2D eigenvalue weighted by atomic mass is 16.2. The number of rotatable bonds is 2. The number of benzene rings is 1. The number of aromatic amines is 1. The smallest absolute Gasteiger partial charge is 0.314 e. The lowest BCUT2D eigenvalue weighted by Crippen LogP contribution is -2.34. The summed E-state index contributed by atoms with van der Waals surface area (Å²) < 4.78 is 1.16. The Bertz CT molecular complexity index is 820. The highest BCUT2D eigenvalue weighted by molar-refractivity contribution is 5.78. The first-order chi connectivity index (χ1) is 9.24. The van der Waals surface area contributed by atoms with Crippen molar-refractivity contribution < 1.29 is 0 Å². The van der Waals surface area contributed by atoms with E-state index in [9.17, 15) is 9.59 Å². The van der Waals surface area contributed by atoms with Crippen molar-refractivity contribution in [1.82, 2.24) is 14.5 Å². The first-order valence-corrected chi connectivity index (χ1v) is 5.86. The van der Waals surface area contributed by atoms with Crippen molar-refractivity contribution in [2.45, 2.75) is 6.54 Å². The van der Waals surface area contributed by atoms with E-state index in [1.165, 1.54) is 12.3 Å². The van der Waals surface area contributed by atoms with Crippen LogP contribution >= 0.6 is 0 Å². The zero-order valence-electron chi connectivity index (χ0n) is 10.0. The summed E-state index contributed by atoms with van der Waals surface area (Å²) in [6.45, 7) is 0.250. The Kier molecular flexibility index (Phi) is 2.72. The maximum atomic E-state index is 11.6. The van der Waals surface area contributed by atoms with Crippen molar-refractivity contribution in [2.24, 2.45) is 0 Å². The molecule has 0 atom stereocenters. The number of nitrogens with zero attached hydrogens (tertiary/aromatic N) is 2. The number of pyridine rings is 1. The summed E-state index contributed by atoms with van der Waals surface area (Å²) >= 11 is 0. The molecule has 0 aliphatic rings. The quantitative estimate of drug-likeness (QED) is 0.744. The molecule has 0 spiro atoms. The van der Waals surface area contributed by atoms with E-state index in [1.807, 2.05) is 30.3 Å². The van der Waals surface area contributed by atoms with Crippen molar-refractivity contribution in [2.75, 3.05) is 0 Å². The molecule has 2 aromatic heterocycles. The van der Waals surface area contributed by atoms with Crippen LogP contribution in [0, 0.1) is 0 Å². The molecule has 1 N–H and O–H groups in total. The van der Waals surface area contributed by atoms with Crippen LogP contribution in [-0.2, 0) is 6.54 Å².